The SMILES string of the molecule is CC(=O)c1ccc(N2CCN(C(=O)CN3CCN(c4ccccc4)C3=O)CC2)cc1. The Morgan fingerprint density at radius 2 is 1.47 bits per heavy atom. The molecule has 2 heterocycles. The molecule has 2 saturated heterocycles. The highest BCUT2D eigenvalue weighted by atomic mass is 16.2. The summed E-state index contributed by atoms with van der Waals surface area (Å²) in [5, 5.41) is 0. The maximum atomic E-state index is 12.8. The van der Waals surface area contributed by atoms with Crippen LogP contribution in [-0.2, 0) is 4.79 Å². The van der Waals surface area contributed by atoms with Crippen molar-refractivity contribution in [1.82, 2.24) is 9.80 Å². The molecule has 2 aliphatic heterocycles. The lowest BCUT2D eigenvalue weighted by atomic mass is 10.1. The van der Waals surface area contributed by atoms with Crippen LogP contribution >= 0.6 is 0 Å². The number of anilines is 2. The first-order valence-electron chi connectivity index (χ1n) is 10.3. The van der Waals surface area contributed by atoms with Crippen LogP contribution in [0.5, 0.6) is 0 Å². The summed E-state index contributed by atoms with van der Waals surface area (Å²) >= 11 is 0. The van der Waals surface area contributed by atoms with Crippen LogP contribution in [0.4, 0.5) is 16.2 Å². The lowest BCUT2D eigenvalue weighted by Crippen LogP contribution is -2.51. The molecule has 0 spiro atoms. The van der Waals surface area contributed by atoms with Crippen molar-refractivity contribution in [3.63, 3.8) is 0 Å². The average Bonchev–Trinajstić information content (AvgIpc) is 3.14. The predicted octanol–water partition coefficient (Wildman–Crippen LogP) is 2.48. The van der Waals surface area contributed by atoms with E-state index in [0.717, 1.165) is 24.5 Å². The van der Waals surface area contributed by atoms with Crippen LogP contribution in [0.15, 0.2) is 54.6 Å². The lowest BCUT2D eigenvalue weighted by Gasteiger charge is -2.36. The molecule has 0 saturated carbocycles. The minimum atomic E-state index is -0.112. The number of nitrogens with zero attached hydrogens (tertiary/aromatic N) is 4. The summed E-state index contributed by atoms with van der Waals surface area (Å²) in [7, 11) is 0. The molecule has 0 aliphatic carbocycles. The van der Waals surface area contributed by atoms with Gasteiger partial charge in [0.05, 0.1) is 0 Å². The second-order valence-corrected chi connectivity index (χ2v) is 7.66. The van der Waals surface area contributed by atoms with E-state index in [1.54, 1.807) is 16.7 Å². The van der Waals surface area contributed by atoms with Gasteiger partial charge in [0.25, 0.3) is 0 Å². The van der Waals surface area contributed by atoms with Gasteiger partial charge in [0.2, 0.25) is 5.91 Å². The molecular weight excluding hydrogens is 380 g/mol. The number of carbonyl (C=O) groups is 3. The Hall–Kier alpha value is -3.35. The van der Waals surface area contributed by atoms with Crippen molar-refractivity contribution in [3.8, 4) is 0 Å². The van der Waals surface area contributed by atoms with Gasteiger partial charge in [-0.1, -0.05) is 18.2 Å². The maximum Gasteiger partial charge on any atom is 0.325 e. The molecule has 2 fully saturated rings. The Labute approximate surface area is 176 Å². The molecular formula is C23H26N4O3. The Morgan fingerprint density at radius 3 is 2.10 bits per heavy atom. The topological polar surface area (TPSA) is 64.2 Å². The van der Waals surface area contributed by atoms with Gasteiger partial charge in [-0.3, -0.25) is 14.5 Å². The Morgan fingerprint density at radius 1 is 0.800 bits per heavy atom. The fourth-order valence-electron chi connectivity index (χ4n) is 3.96. The fraction of sp³-hybridized carbons (Fsp3) is 0.348. The molecule has 4 rings (SSSR count). The van der Waals surface area contributed by atoms with E-state index in [9.17, 15) is 14.4 Å². The van der Waals surface area contributed by atoms with Crippen molar-refractivity contribution in [2.45, 2.75) is 6.92 Å². The van der Waals surface area contributed by atoms with Crippen LogP contribution in [0.25, 0.3) is 0 Å². The molecule has 0 unspecified atom stereocenters. The summed E-state index contributed by atoms with van der Waals surface area (Å²) in [6, 6.07) is 17.0. The first kappa shape index (κ1) is 19.9. The molecule has 0 bridgehead atoms. The van der Waals surface area contributed by atoms with Crippen LogP contribution < -0.4 is 9.80 Å². The lowest BCUT2D eigenvalue weighted by molar-refractivity contribution is -0.131. The Bertz CT molecular complexity index is 921. The normalized spacial score (nSPS) is 16.9. The highest BCUT2D eigenvalue weighted by Crippen LogP contribution is 2.21. The van der Waals surface area contributed by atoms with Gasteiger partial charge >= 0.3 is 6.03 Å². The summed E-state index contributed by atoms with van der Waals surface area (Å²) in [4.78, 5) is 44.3. The monoisotopic (exact) mass is 406 g/mol. The second-order valence-electron chi connectivity index (χ2n) is 7.66. The Kier molecular flexibility index (Phi) is 5.70. The van der Waals surface area contributed by atoms with Crippen LogP contribution in [0.3, 0.4) is 0 Å². The smallest absolute Gasteiger partial charge is 0.325 e. The molecule has 2 aliphatic rings. The third-order valence-electron chi connectivity index (χ3n) is 5.76. The molecule has 7 nitrogen and oxygen atoms in total. The Balaban J connectivity index is 1.29. The van der Waals surface area contributed by atoms with Gasteiger partial charge in [-0.25, -0.2) is 4.79 Å². The molecule has 3 amide bonds. The number of Topliss-reactive ketones (excluding diaryl/α,β-unsaturated/α-hetero) is 1. The van der Waals surface area contributed by atoms with Gasteiger partial charge in [-0.15, -0.1) is 0 Å². The summed E-state index contributed by atoms with van der Waals surface area (Å²) in [5.41, 5.74) is 2.62. The molecule has 30 heavy (non-hydrogen) atoms. The zero-order chi connectivity index (χ0) is 21.1. The number of piperazine rings is 1. The summed E-state index contributed by atoms with van der Waals surface area (Å²) < 4.78 is 0. The minimum Gasteiger partial charge on any atom is -0.368 e. The van der Waals surface area contributed by atoms with Gasteiger partial charge in [0, 0.05) is 56.2 Å². The number of ketones is 1. The molecule has 0 N–H and O–H groups in total. The molecule has 0 radical (unpaired) electrons. The number of carbonyl (C=O) groups excluding carboxylic acids is 3. The number of rotatable bonds is 5. The summed E-state index contributed by atoms with van der Waals surface area (Å²) in [6.07, 6.45) is 0. The molecule has 2 aromatic carbocycles. The van der Waals surface area contributed by atoms with E-state index in [2.05, 4.69) is 4.90 Å². The third-order valence-corrected chi connectivity index (χ3v) is 5.76. The third kappa shape index (κ3) is 4.15. The van der Waals surface area contributed by atoms with E-state index in [-0.39, 0.29) is 24.3 Å². The predicted molar refractivity (Wildman–Crippen MR) is 116 cm³/mol. The number of amides is 3. The van der Waals surface area contributed by atoms with Gasteiger partial charge < -0.3 is 14.7 Å². The van der Waals surface area contributed by atoms with E-state index in [1.165, 1.54) is 0 Å². The van der Waals surface area contributed by atoms with E-state index in [4.69, 9.17) is 0 Å². The summed E-state index contributed by atoms with van der Waals surface area (Å²) in [5.74, 6) is 0.0455. The van der Waals surface area contributed by atoms with Gasteiger partial charge in [-0.05, 0) is 43.3 Å². The standard InChI is InChI=1S/C23H26N4O3/c1-18(28)19-7-9-20(10-8-19)24-11-13-25(14-12-24)22(29)17-26-15-16-27(23(26)30)21-5-3-2-4-6-21/h2-10H,11-17H2,1H3. The highest BCUT2D eigenvalue weighted by Gasteiger charge is 2.32. The summed E-state index contributed by atoms with van der Waals surface area (Å²) in [6.45, 7) is 5.54. The molecule has 0 atom stereocenters. The average molecular weight is 406 g/mol. The van der Waals surface area contributed by atoms with E-state index >= 15 is 0 Å². The second kappa shape index (κ2) is 8.57. The molecule has 156 valence electrons. The van der Waals surface area contributed by atoms with E-state index in [1.807, 2.05) is 59.5 Å². The van der Waals surface area contributed by atoms with Crippen molar-refractivity contribution in [2.24, 2.45) is 0 Å². The van der Waals surface area contributed by atoms with Gasteiger partial charge in [0.1, 0.15) is 6.54 Å². The van der Waals surface area contributed by atoms with E-state index in [0.29, 0.717) is 31.7 Å². The number of hydrogen-bond donors (Lipinski definition) is 0. The quantitative estimate of drug-likeness (QED) is 0.716. The maximum absolute atomic E-state index is 12.8. The molecule has 2 aromatic rings. The van der Waals surface area contributed by atoms with Crippen molar-refractivity contribution in [1.29, 1.82) is 0 Å². The van der Waals surface area contributed by atoms with Crippen LogP contribution in [0.1, 0.15) is 17.3 Å². The number of para-hydroxylation sites is 1. The largest absolute Gasteiger partial charge is 0.368 e. The molecule has 7 heteroatoms. The van der Waals surface area contributed by atoms with Crippen molar-refractivity contribution >= 4 is 29.1 Å². The van der Waals surface area contributed by atoms with Gasteiger partial charge in [0.15, 0.2) is 5.78 Å². The number of urea groups is 1. The van der Waals surface area contributed by atoms with Crippen LogP contribution in [-0.4, -0.2) is 73.3 Å². The minimum absolute atomic E-state index is 0.00941. The first-order chi connectivity index (χ1) is 14.5. The van der Waals surface area contributed by atoms with Crippen LogP contribution in [0.2, 0.25) is 0 Å². The zero-order valence-electron chi connectivity index (χ0n) is 17.2. The number of benzene rings is 2. The zero-order valence-corrected chi connectivity index (χ0v) is 17.2. The van der Waals surface area contributed by atoms with Gasteiger partial charge in [-0.2, -0.15) is 0 Å². The van der Waals surface area contributed by atoms with Crippen molar-refractivity contribution in [3.05, 3.63) is 60.2 Å². The van der Waals surface area contributed by atoms with E-state index < -0.39 is 0 Å². The molecule has 0 aromatic heterocycles. The first-order valence-corrected chi connectivity index (χ1v) is 10.3. The highest BCUT2D eigenvalue weighted by molar-refractivity contribution is 5.96. The number of hydrogen-bond acceptors (Lipinski definition) is 4. The van der Waals surface area contributed by atoms with Crippen molar-refractivity contribution in [2.75, 3.05) is 55.6 Å². The fourth-order valence-corrected chi connectivity index (χ4v) is 3.96. The van der Waals surface area contributed by atoms with Crippen molar-refractivity contribution < 1.29 is 14.4 Å². The van der Waals surface area contributed by atoms with Crippen LogP contribution in [0, 0.1) is 0 Å².